The third-order valence-corrected chi connectivity index (χ3v) is 17.9. The summed E-state index contributed by atoms with van der Waals surface area (Å²) in [5, 5.41) is 142. The van der Waals surface area contributed by atoms with E-state index < -0.39 is 195 Å². The summed E-state index contributed by atoms with van der Waals surface area (Å²) in [6, 6.07) is -2.45. The van der Waals surface area contributed by atoms with Gasteiger partial charge in [0, 0.05) is 77.8 Å². The molecule has 596 valence electrons. The second-order valence-electron chi connectivity index (χ2n) is 26.2. The highest BCUT2D eigenvalue weighted by Crippen LogP contribution is 2.26. The molecule has 0 spiro atoms. The second-order valence-corrected chi connectivity index (χ2v) is 26.2. The van der Waals surface area contributed by atoms with Gasteiger partial charge < -0.3 is 141 Å². The average Bonchev–Trinajstić information content (AvgIpc) is 1.00. The number of amides is 9. The van der Waals surface area contributed by atoms with Gasteiger partial charge in [-0.05, 0) is 91.9 Å². The third-order valence-electron chi connectivity index (χ3n) is 17.9. The molecule has 5 fully saturated rings. The van der Waals surface area contributed by atoms with Crippen molar-refractivity contribution in [3.8, 4) is 0 Å². The van der Waals surface area contributed by atoms with Crippen molar-refractivity contribution in [2.75, 3.05) is 78.8 Å². The van der Waals surface area contributed by atoms with Crippen LogP contribution in [0.15, 0.2) is 0 Å². The normalized spacial score (nSPS) is 30.6. The minimum absolute atomic E-state index is 0.0475. The van der Waals surface area contributed by atoms with Crippen molar-refractivity contribution >= 4 is 59.1 Å². The molecule has 5 aliphatic rings. The number of rotatable bonds is 45. The molecule has 5 saturated heterocycles. The molecular formula is C64H109N9O31. The van der Waals surface area contributed by atoms with Crippen molar-refractivity contribution in [3.05, 3.63) is 0 Å². The van der Waals surface area contributed by atoms with Gasteiger partial charge >= 0.3 is 5.97 Å². The van der Waals surface area contributed by atoms with Crippen LogP contribution in [-0.2, 0) is 90.7 Å². The van der Waals surface area contributed by atoms with Gasteiger partial charge in [-0.15, -0.1) is 5.06 Å². The van der Waals surface area contributed by atoms with E-state index in [1.54, 1.807) is 0 Å². The van der Waals surface area contributed by atoms with Crippen LogP contribution in [-0.4, -0.2) is 344 Å². The van der Waals surface area contributed by atoms with Gasteiger partial charge in [0.2, 0.25) is 41.4 Å². The molecule has 0 aliphatic carbocycles. The highest BCUT2D eigenvalue weighted by Gasteiger charge is 2.46. The largest absolute Gasteiger partial charge is 0.388 e. The number of hydrogen-bond acceptors (Lipinski definition) is 32. The SMILES string of the molecule is C[C@@H]1O[C@@H](OCCNC(=O)CCCCC(=O)NCCCC[C@H](NC(=O)CCCCC(=O)ON2C(=O)CCC2=O)C(=O)NCCCC[C@@H](C(=O)NCCO[C@@H]2O[C@@H](C)[C@@H](O)[C@@H](O)[C@@H]2O)N(CC(=O)NCCO[C@@H]2O[C@@H](C)[C@@H](O)[C@@H](O)[C@@H]2O)CC(=O)NCCO[C@@H]2O[C@@H](C)[C@@H](O)[C@@H](O)[C@@H]2O)[C@@H](O)[C@H](O)[C@@H]1O. The molecule has 9 amide bonds. The summed E-state index contributed by atoms with van der Waals surface area (Å²) in [6.45, 7) is 3.06. The number of aliphatic hydroxyl groups is 12. The maximum Gasteiger partial charge on any atom is 0.333 e. The molecule has 40 nitrogen and oxygen atoms in total. The van der Waals surface area contributed by atoms with E-state index in [4.69, 9.17) is 42.7 Å². The van der Waals surface area contributed by atoms with Crippen LogP contribution in [0.5, 0.6) is 0 Å². The lowest BCUT2D eigenvalue weighted by Crippen LogP contribution is -2.58. The Morgan fingerprint density at radius 2 is 0.721 bits per heavy atom. The maximum absolute atomic E-state index is 14.4. The van der Waals surface area contributed by atoms with Crippen LogP contribution in [0, 0.1) is 0 Å². The van der Waals surface area contributed by atoms with Crippen LogP contribution in [0.4, 0.5) is 0 Å². The molecule has 0 saturated carbocycles. The molecule has 0 aromatic heterocycles. The summed E-state index contributed by atoms with van der Waals surface area (Å²) in [4.78, 5) is 137. The summed E-state index contributed by atoms with van der Waals surface area (Å²) >= 11 is 0. The molecule has 0 bridgehead atoms. The molecule has 5 heterocycles. The summed E-state index contributed by atoms with van der Waals surface area (Å²) < 4.78 is 43.9. The number of carbonyl (C=O) groups excluding carboxylic acids is 10. The number of imide groups is 1. The van der Waals surface area contributed by atoms with E-state index in [1.807, 2.05) is 0 Å². The summed E-state index contributed by atoms with van der Waals surface area (Å²) in [6.07, 6.45) is -25.8. The van der Waals surface area contributed by atoms with E-state index in [1.165, 1.54) is 32.6 Å². The molecule has 19 N–H and O–H groups in total. The topological polar surface area (TPSA) is 587 Å². The smallest absolute Gasteiger partial charge is 0.333 e. The zero-order valence-corrected chi connectivity index (χ0v) is 59.0. The fourth-order valence-corrected chi connectivity index (χ4v) is 11.5. The van der Waals surface area contributed by atoms with E-state index in [-0.39, 0.29) is 155 Å². The summed E-state index contributed by atoms with van der Waals surface area (Å²) in [5.41, 5.74) is 0. The molecule has 40 heteroatoms. The first-order valence-electron chi connectivity index (χ1n) is 35.4. The number of nitrogens with zero attached hydrogens (tertiary/aromatic N) is 2. The minimum atomic E-state index is -1.67. The van der Waals surface area contributed by atoms with Crippen LogP contribution in [0.2, 0.25) is 0 Å². The van der Waals surface area contributed by atoms with Gasteiger partial charge in [0.25, 0.3) is 11.8 Å². The second kappa shape index (κ2) is 45.7. The average molecular weight is 1500 g/mol. The number of carbonyl (C=O) groups is 10. The molecule has 0 aromatic rings. The summed E-state index contributed by atoms with van der Waals surface area (Å²) in [7, 11) is 0. The van der Waals surface area contributed by atoms with Crippen LogP contribution < -0.4 is 37.2 Å². The van der Waals surface area contributed by atoms with E-state index in [0.29, 0.717) is 30.7 Å². The minimum Gasteiger partial charge on any atom is -0.388 e. The zero-order valence-electron chi connectivity index (χ0n) is 59.0. The molecule has 0 aromatic carbocycles. The quantitative estimate of drug-likeness (QED) is 0.0199. The lowest BCUT2D eigenvalue weighted by molar-refractivity contribution is -0.292. The van der Waals surface area contributed by atoms with E-state index in [0.717, 1.165) is 0 Å². The molecule has 22 atom stereocenters. The Kier molecular flexibility index (Phi) is 38.9. The summed E-state index contributed by atoms with van der Waals surface area (Å²) in [5.74, 6) is -6.22. The fraction of sp³-hybridized carbons (Fsp3) is 0.844. The molecule has 0 radical (unpaired) electrons. The van der Waals surface area contributed by atoms with Gasteiger partial charge in [-0.25, -0.2) is 4.79 Å². The highest BCUT2D eigenvalue weighted by atomic mass is 16.7. The first kappa shape index (κ1) is 88.7. The van der Waals surface area contributed by atoms with E-state index >= 15 is 0 Å². The van der Waals surface area contributed by atoms with Crippen LogP contribution in [0.25, 0.3) is 0 Å². The first-order chi connectivity index (χ1) is 49.4. The van der Waals surface area contributed by atoms with Crippen molar-refractivity contribution in [2.45, 2.75) is 265 Å². The predicted octanol–water partition coefficient (Wildman–Crippen LogP) is -8.72. The third kappa shape index (κ3) is 29.0. The van der Waals surface area contributed by atoms with Crippen molar-refractivity contribution in [1.82, 2.24) is 47.2 Å². The number of unbranched alkanes of at least 4 members (excludes halogenated alkanes) is 4. The Labute approximate surface area is 600 Å². The maximum atomic E-state index is 14.4. The standard InChI is InChI=1S/C64H109N9O31/c1-33-47(82)51(86)55(90)61(100-33)96-27-23-66-40(75)16-6-5-15-39(74)65-21-11-9-13-37(71-41(76)17-7-8-18-46(81)104-73-44(79)19-20-45(73)80)59(94)69-22-12-10-14-38(60(95)70-26-30-99-64-58(93)54(89)50(85)36(4)103-64)72(31-42(77)67-24-28-97-62-56(91)52(87)48(83)34(2)101-62)32-43(78)68-25-29-98-63-57(92)53(88)49(84)35(3)102-63/h33-38,47-58,61-64,82-93H,5-32H2,1-4H3,(H,65,74)(H,66,75)(H,67,77)(H,68,78)(H,69,94)(H,70,95)(H,71,76)/t33-,34-,35-,36-,37-,38-,47+,48+,49+,50+,51+,52+,53+,54+,55-,56-,57-,58-,61+,62+,63+,64+/m0/s1. The molecule has 104 heavy (non-hydrogen) atoms. The van der Waals surface area contributed by atoms with Crippen LogP contribution >= 0.6 is 0 Å². The zero-order chi connectivity index (χ0) is 76.7. The fourth-order valence-electron chi connectivity index (χ4n) is 11.5. The van der Waals surface area contributed by atoms with Gasteiger partial charge in [-0.1, -0.05) is 0 Å². The number of hydrogen-bond donors (Lipinski definition) is 19. The number of aliphatic hydroxyl groups excluding tert-OH is 12. The van der Waals surface area contributed by atoms with E-state index in [9.17, 15) is 109 Å². The lowest BCUT2D eigenvalue weighted by Gasteiger charge is -2.39. The van der Waals surface area contributed by atoms with Gasteiger partial charge in [0.05, 0.1) is 70.0 Å². The van der Waals surface area contributed by atoms with Crippen LogP contribution in [0.1, 0.15) is 130 Å². The van der Waals surface area contributed by atoms with Gasteiger partial charge in [-0.2, -0.15) is 0 Å². The van der Waals surface area contributed by atoms with Crippen molar-refractivity contribution in [3.63, 3.8) is 0 Å². The Morgan fingerprint density at radius 1 is 0.394 bits per heavy atom. The lowest BCUT2D eigenvalue weighted by atomic mass is 10.0. The highest BCUT2D eigenvalue weighted by molar-refractivity contribution is 6.01. The van der Waals surface area contributed by atoms with Crippen LogP contribution in [0.3, 0.4) is 0 Å². The Balaban J connectivity index is 1.20. The number of hydroxylamine groups is 2. The van der Waals surface area contributed by atoms with Crippen molar-refractivity contribution in [1.29, 1.82) is 0 Å². The Morgan fingerprint density at radius 3 is 1.12 bits per heavy atom. The molecular weight excluding hydrogens is 1390 g/mol. The molecule has 5 aliphatic heterocycles. The Hall–Kier alpha value is -5.94. The number of ether oxygens (including phenoxy) is 8. The first-order valence-corrected chi connectivity index (χ1v) is 35.4. The van der Waals surface area contributed by atoms with Gasteiger partial charge in [0.15, 0.2) is 25.2 Å². The molecule has 5 rings (SSSR count). The number of nitrogens with one attached hydrogen (secondary N) is 7. The molecule has 0 unspecified atom stereocenters. The van der Waals surface area contributed by atoms with Gasteiger partial charge in [-0.3, -0.25) is 48.1 Å². The van der Waals surface area contributed by atoms with E-state index in [2.05, 4.69) is 37.2 Å². The van der Waals surface area contributed by atoms with Crippen molar-refractivity contribution in [2.24, 2.45) is 0 Å². The Bertz CT molecular complexity index is 2640. The van der Waals surface area contributed by atoms with Crippen molar-refractivity contribution < 1.29 is 152 Å². The van der Waals surface area contributed by atoms with Gasteiger partial charge in [0.1, 0.15) is 79.3 Å². The monoisotopic (exact) mass is 1500 g/mol. The predicted molar refractivity (Wildman–Crippen MR) is 350 cm³/mol.